The molecule has 0 amide bonds. The Bertz CT molecular complexity index is 552. The predicted octanol–water partition coefficient (Wildman–Crippen LogP) is -1.11. The molecular formula is C9H13N3O5S. The lowest BCUT2D eigenvalue weighted by atomic mass is 10.3. The van der Waals surface area contributed by atoms with Crippen molar-refractivity contribution in [1.29, 1.82) is 0 Å². The number of aliphatic carboxylic acids is 1. The maximum atomic E-state index is 12.3. The Morgan fingerprint density at radius 1 is 1.61 bits per heavy atom. The van der Waals surface area contributed by atoms with Gasteiger partial charge >= 0.3 is 5.97 Å². The monoisotopic (exact) mass is 275 g/mol. The Morgan fingerprint density at radius 3 is 2.89 bits per heavy atom. The van der Waals surface area contributed by atoms with Crippen LogP contribution in [0.5, 0.6) is 0 Å². The first-order valence-corrected chi connectivity index (χ1v) is 6.69. The van der Waals surface area contributed by atoms with Crippen LogP contribution in [0.1, 0.15) is 0 Å². The summed E-state index contributed by atoms with van der Waals surface area (Å²) < 4.78 is 31.8. The van der Waals surface area contributed by atoms with Gasteiger partial charge in [0.2, 0.25) is 0 Å². The zero-order valence-electron chi connectivity index (χ0n) is 9.68. The van der Waals surface area contributed by atoms with Crippen LogP contribution in [0.4, 0.5) is 0 Å². The van der Waals surface area contributed by atoms with Crippen molar-refractivity contribution in [3.63, 3.8) is 0 Å². The average molecular weight is 275 g/mol. The first-order valence-electron chi connectivity index (χ1n) is 5.25. The summed E-state index contributed by atoms with van der Waals surface area (Å²) in [5.74, 6) is -1.17. The van der Waals surface area contributed by atoms with Gasteiger partial charge in [0.1, 0.15) is 0 Å². The van der Waals surface area contributed by atoms with Gasteiger partial charge in [-0.1, -0.05) is 0 Å². The summed E-state index contributed by atoms with van der Waals surface area (Å²) in [7, 11) is -2.21. The number of carbonyl (C=O) groups is 1. The van der Waals surface area contributed by atoms with Gasteiger partial charge in [0.05, 0.1) is 19.3 Å². The number of aromatic nitrogens is 2. The predicted molar refractivity (Wildman–Crippen MR) is 59.3 cm³/mol. The fourth-order valence-corrected chi connectivity index (χ4v) is 3.27. The Kier molecular flexibility index (Phi) is 3.37. The van der Waals surface area contributed by atoms with Crippen molar-refractivity contribution in [3.05, 3.63) is 12.3 Å². The molecule has 1 saturated heterocycles. The molecule has 1 unspecified atom stereocenters. The summed E-state index contributed by atoms with van der Waals surface area (Å²) in [6.07, 6.45) is 0.254. The van der Waals surface area contributed by atoms with Crippen LogP contribution in [0.25, 0.3) is 0 Å². The van der Waals surface area contributed by atoms with E-state index in [1.807, 2.05) is 0 Å². The second-order valence-electron chi connectivity index (χ2n) is 3.85. The molecular weight excluding hydrogens is 262 g/mol. The number of hydrogen-bond acceptors (Lipinski definition) is 5. The molecule has 1 aromatic heterocycles. The molecule has 1 aliphatic heterocycles. The fraction of sp³-hybridized carbons (Fsp3) is 0.556. The molecule has 9 heteroatoms. The first kappa shape index (κ1) is 13.0. The Hall–Kier alpha value is -1.45. The molecule has 18 heavy (non-hydrogen) atoms. The number of carboxylic acids is 1. The molecule has 0 aliphatic carbocycles. The SMILES string of the molecule is Cn1nccc1S(=O)(=O)N1CCOC(C(=O)O)C1. The van der Waals surface area contributed by atoms with Crippen molar-refractivity contribution in [1.82, 2.24) is 14.1 Å². The van der Waals surface area contributed by atoms with Crippen molar-refractivity contribution >= 4 is 16.0 Å². The zero-order chi connectivity index (χ0) is 13.3. The quantitative estimate of drug-likeness (QED) is 0.751. The highest BCUT2D eigenvalue weighted by Gasteiger charge is 2.35. The molecule has 0 spiro atoms. The van der Waals surface area contributed by atoms with Gasteiger partial charge in [-0.2, -0.15) is 9.40 Å². The number of sulfonamides is 1. The highest BCUT2D eigenvalue weighted by molar-refractivity contribution is 7.89. The summed E-state index contributed by atoms with van der Waals surface area (Å²) in [5.41, 5.74) is 0. The van der Waals surface area contributed by atoms with Crippen molar-refractivity contribution in [2.75, 3.05) is 19.7 Å². The molecule has 100 valence electrons. The minimum Gasteiger partial charge on any atom is -0.479 e. The maximum Gasteiger partial charge on any atom is 0.334 e. The van der Waals surface area contributed by atoms with Gasteiger partial charge in [0.25, 0.3) is 10.0 Å². The molecule has 1 aromatic rings. The van der Waals surface area contributed by atoms with Crippen LogP contribution >= 0.6 is 0 Å². The van der Waals surface area contributed by atoms with E-state index in [0.717, 1.165) is 4.31 Å². The van der Waals surface area contributed by atoms with Crippen molar-refractivity contribution < 1.29 is 23.1 Å². The van der Waals surface area contributed by atoms with Gasteiger partial charge in [0, 0.05) is 13.6 Å². The van der Waals surface area contributed by atoms with E-state index in [1.165, 1.54) is 24.0 Å². The van der Waals surface area contributed by atoms with E-state index >= 15 is 0 Å². The third-order valence-electron chi connectivity index (χ3n) is 2.68. The van der Waals surface area contributed by atoms with Gasteiger partial charge in [-0.15, -0.1) is 0 Å². The smallest absolute Gasteiger partial charge is 0.334 e. The van der Waals surface area contributed by atoms with Gasteiger partial charge in [-0.3, -0.25) is 4.68 Å². The summed E-state index contributed by atoms with van der Waals surface area (Å²) >= 11 is 0. The van der Waals surface area contributed by atoms with Crippen LogP contribution < -0.4 is 0 Å². The number of rotatable bonds is 3. The third-order valence-corrected chi connectivity index (χ3v) is 4.63. The molecule has 2 rings (SSSR count). The second-order valence-corrected chi connectivity index (χ2v) is 5.74. The maximum absolute atomic E-state index is 12.3. The lowest BCUT2D eigenvalue weighted by molar-refractivity contribution is -0.153. The number of nitrogens with zero attached hydrogens (tertiary/aromatic N) is 3. The molecule has 0 aromatic carbocycles. The van der Waals surface area contributed by atoms with Crippen LogP contribution in [-0.4, -0.2) is 59.4 Å². The van der Waals surface area contributed by atoms with Gasteiger partial charge in [-0.25, -0.2) is 13.2 Å². The third kappa shape index (κ3) is 2.24. The van der Waals surface area contributed by atoms with Gasteiger partial charge in [0.15, 0.2) is 11.1 Å². The fourth-order valence-electron chi connectivity index (χ4n) is 1.74. The van der Waals surface area contributed by atoms with Crippen molar-refractivity contribution in [3.8, 4) is 0 Å². The van der Waals surface area contributed by atoms with E-state index in [0.29, 0.717) is 0 Å². The average Bonchev–Trinajstić information content (AvgIpc) is 2.76. The molecule has 1 fully saturated rings. The zero-order valence-corrected chi connectivity index (χ0v) is 10.5. The molecule has 8 nitrogen and oxygen atoms in total. The number of hydrogen-bond donors (Lipinski definition) is 1. The number of aryl methyl sites for hydroxylation is 1. The number of ether oxygens (including phenoxy) is 1. The second kappa shape index (κ2) is 4.67. The van der Waals surface area contributed by atoms with E-state index in [4.69, 9.17) is 9.84 Å². The highest BCUT2D eigenvalue weighted by Crippen LogP contribution is 2.17. The molecule has 0 radical (unpaired) electrons. The largest absolute Gasteiger partial charge is 0.479 e. The topological polar surface area (TPSA) is 102 Å². The summed E-state index contributed by atoms with van der Waals surface area (Å²) in [6, 6.07) is 1.38. The number of morpholine rings is 1. The standard InChI is InChI=1S/C9H13N3O5S/c1-11-8(2-3-10-11)18(15,16)12-4-5-17-7(6-12)9(13)14/h2-3,7H,4-6H2,1H3,(H,13,14). The lowest BCUT2D eigenvalue weighted by Gasteiger charge is -2.29. The Balaban J connectivity index is 2.26. The van der Waals surface area contributed by atoms with Crippen LogP contribution in [0, 0.1) is 0 Å². The van der Waals surface area contributed by atoms with E-state index < -0.39 is 22.1 Å². The van der Waals surface area contributed by atoms with Gasteiger partial charge < -0.3 is 9.84 Å². The minimum atomic E-state index is -3.73. The normalized spacial score (nSPS) is 21.9. The summed E-state index contributed by atoms with van der Waals surface area (Å²) in [6.45, 7) is 0.00812. The van der Waals surface area contributed by atoms with E-state index in [9.17, 15) is 13.2 Å². The first-order chi connectivity index (χ1) is 8.43. The summed E-state index contributed by atoms with van der Waals surface area (Å²) in [4.78, 5) is 10.8. The molecule has 0 saturated carbocycles. The van der Waals surface area contributed by atoms with Gasteiger partial charge in [-0.05, 0) is 6.07 Å². The van der Waals surface area contributed by atoms with Crippen LogP contribution in [0.2, 0.25) is 0 Å². The molecule has 1 N–H and O–H groups in total. The molecule has 1 atom stereocenters. The highest BCUT2D eigenvalue weighted by atomic mass is 32.2. The Morgan fingerprint density at radius 2 is 2.33 bits per heavy atom. The van der Waals surface area contributed by atoms with Crippen LogP contribution in [0.3, 0.4) is 0 Å². The van der Waals surface area contributed by atoms with Crippen LogP contribution in [-0.2, 0) is 26.6 Å². The molecule has 0 bridgehead atoms. The van der Waals surface area contributed by atoms with E-state index in [1.54, 1.807) is 0 Å². The Labute approximate surface area is 104 Å². The van der Waals surface area contributed by atoms with Crippen molar-refractivity contribution in [2.45, 2.75) is 11.1 Å². The molecule has 1 aliphatic rings. The van der Waals surface area contributed by atoms with E-state index in [-0.39, 0.29) is 24.7 Å². The lowest BCUT2D eigenvalue weighted by Crippen LogP contribution is -2.48. The van der Waals surface area contributed by atoms with E-state index in [2.05, 4.69) is 5.10 Å². The van der Waals surface area contributed by atoms with Crippen molar-refractivity contribution in [2.24, 2.45) is 7.05 Å². The minimum absolute atomic E-state index is 0.0357. The summed E-state index contributed by atoms with van der Waals surface area (Å²) in [5, 5.41) is 12.7. The molecule has 2 heterocycles. The van der Waals surface area contributed by atoms with Crippen LogP contribution in [0.15, 0.2) is 17.3 Å². The number of carboxylic acid groups (broad SMARTS) is 1.